The molecule has 0 fully saturated rings. The van der Waals surface area contributed by atoms with Gasteiger partial charge in [-0.25, -0.2) is 4.39 Å². The van der Waals surface area contributed by atoms with Gasteiger partial charge in [-0.2, -0.15) is 9.97 Å². The van der Waals surface area contributed by atoms with Crippen LogP contribution in [0.5, 0.6) is 17.8 Å². The third-order valence-corrected chi connectivity index (χ3v) is 2.34. The number of aromatic nitrogens is 3. The minimum absolute atomic E-state index is 0.0749. The van der Waals surface area contributed by atoms with Crippen LogP contribution >= 0.6 is 0 Å². The highest BCUT2D eigenvalue weighted by molar-refractivity contribution is 5.35. The van der Waals surface area contributed by atoms with E-state index in [4.69, 9.17) is 9.47 Å². The predicted octanol–water partition coefficient (Wildman–Crippen LogP) is 2.16. The number of hydrogen-bond donors (Lipinski definition) is 1. The zero-order valence-corrected chi connectivity index (χ0v) is 10.8. The van der Waals surface area contributed by atoms with Gasteiger partial charge in [0.05, 0.1) is 7.11 Å². The zero-order chi connectivity index (χ0) is 13.8. The number of nitrogens with one attached hydrogen (secondary N) is 1. The van der Waals surface area contributed by atoms with Crippen LogP contribution < -0.4 is 14.8 Å². The molecule has 0 saturated carbocycles. The van der Waals surface area contributed by atoms with Crippen molar-refractivity contribution in [2.45, 2.75) is 6.92 Å². The molecule has 0 aliphatic carbocycles. The molecule has 2 aromatic rings. The molecular weight excluding hydrogens is 251 g/mol. The van der Waals surface area contributed by atoms with E-state index in [1.807, 2.05) is 0 Å². The fourth-order valence-corrected chi connectivity index (χ4v) is 1.41. The van der Waals surface area contributed by atoms with E-state index in [1.54, 1.807) is 14.0 Å². The topological polar surface area (TPSA) is 69.2 Å². The molecule has 0 amide bonds. The third kappa shape index (κ3) is 3.06. The van der Waals surface area contributed by atoms with Gasteiger partial charge >= 0.3 is 12.0 Å². The number of rotatable bonds is 4. The van der Waals surface area contributed by atoms with E-state index in [2.05, 4.69) is 20.3 Å². The smallest absolute Gasteiger partial charge is 0.330 e. The second kappa shape index (κ2) is 5.47. The first-order valence-corrected chi connectivity index (χ1v) is 5.54. The highest BCUT2D eigenvalue weighted by atomic mass is 19.1. The average molecular weight is 264 g/mol. The van der Waals surface area contributed by atoms with Crippen LogP contribution in [0.25, 0.3) is 0 Å². The van der Waals surface area contributed by atoms with Gasteiger partial charge in [-0.3, -0.25) is 0 Å². The van der Waals surface area contributed by atoms with Crippen molar-refractivity contribution in [1.29, 1.82) is 0 Å². The molecule has 0 atom stereocenters. The Labute approximate surface area is 109 Å². The summed E-state index contributed by atoms with van der Waals surface area (Å²) >= 11 is 0. The molecule has 0 unspecified atom stereocenters. The van der Waals surface area contributed by atoms with E-state index in [1.165, 1.54) is 25.3 Å². The number of benzene rings is 1. The van der Waals surface area contributed by atoms with Crippen LogP contribution in [0.1, 0.15) is 5.56 Å². The van der Waals surface area contributed by atoms with Gasteiger partial charge in [0, 0.05) is 7.05 Å². The lowest BCUT2D eigenvalue weighted by molar-refractivity contribution is 0.359. The molecule has 0 saturated heterocycles. The zero-order valence-electron chi connectivity index (χ0n) is 10.8. The van der Waals surface area contributed by atoms with Crippen LogP contribution in [-0.4, -0.2) is 29.1 Å². The fourth-order valence-electron chi connectivity index (χ4n) is 1.41. The molecule has 2 rings (SSSR count). The summed E-state index contributed by atoms with van der Waals surface area (Å²) in [5.41, 5.74) is 0.644. The summed E-state index contributed by atoms with van der Waals surface area (Å²) in [7, 11) is 3.11. The molecule has 1 N–H and O–H groups in total. The Balaban J connectivity index is 2.31. The number of anilines is 1. The molecular formula is C12H13FN4O2. The Kier molecular flexibility index (Phi) is 3.74. The van der Waals surface area contributed by atoms with E-state index in [-0.39, 0.29) is 17.8 Å². The summed E-state index contributed by atoms with van der Waals surface area (Å²) in [6.45, 7) is 1.73. The Hall–Kier alpha value is -2.44. The molecule has 0 radical (unpaired) electrons. The van der Waals surface area contributed by atoms with Crippen LogP contribution in [0, 0.1) is 12.7 Å². The van der Waals surface area contributed by atoms with Crippen LogP contribution in [0.4, 0.5) is 10.3 Å². The molecule has 6 nitrogen and oxygen atoms in total. The van der Waals surface area contributed by atoms with Crippen molar-refractivity contribution in [3.8, 4) is 17.8 Å². The second-order valence-corrected chi connectivity index (χ2v) is 3.69. The summed E-state index contributed by atoms with van der Waals surface area (Å²) < 4.78 is 23.4. The van der Waals surface area contributed by atoms with E-state index in [0.717, 1.165) is 0 Å². The Bertz CT molecular complexity index is 570. The largest absolute Gasteiger partial charge is 0.467 e. The first-order chi connectivity index (χ1) is 9.12. The summed E-state index contributed by atoms with van der Waals surface area (Å²) in [6, 6.07) is 4.40. The average Bonchev–Trinajstić information content (AvgIpc) is 2.41. The van der Waals surface area contributed by atoms with Crippen LogP contribution in [0.2, 0.25) is 0 Å². The molecule has 7 heteroatoms. The van der Waals surface area contributed by atoms with Gasteiger partial charge in [0.1, 0.15) is 11.6 Å². The van der Waals surface area contributed by atoms with Crippen molar-refractivity contribution in [1.82, 2.24) is 15.0 Å². The van der Waals surface area contributed by atoms with Crippen molar-refractivity contribution in [3.05, 3.63) is 29.6 Å². The number of halogens is 1. The molecule has 0 aliphatic heterocycles. The Morgan fingerprint density at radius 2 is 1.89 bits per heavy atom. The van der Waals surface area contributed by atoms with Gasteiger partial charge in [-0.05, 0) is 30.7 Å². The minimum Gasteiger partial charge on any atom is -0.467 e. The molecule has 0 aliphatic rings. The van der Waals surface area contributed by atoms with E-state index in [9.17, 15) is 4.39 Å². The lowest BCUT2D eigenvalue weighted by atomic mass is 10.2. The SMILES string of the molecule is CNc1nc(OC)nc(Oc2ccc(F)cc2C)n1. The maximum Gasteiger partial charge on any atom is 0.330 e. The number of methoxy groups -OCH3 is 1. The van der Waals surface area contributed by atoms with Gasteiger partial charge in [0.25, 0.3) is 0 Å². The predicted molar refractivity (Wildman–Crippen MR) is 67.1 cm³/mol. The Morgan fingerprint density at radius 3 is 2.53 bits per heavy atom. The Morgan fingerprint density at radius 1 is 1.16 bits per heavy atom. The molecule has 1 aromatic carbocycles. The van der Waals surface area contributed by atoms with Crippen LogP contribution in [-0.2, 0) is 0 Å². The van der Waals surface area contributed by atoms with Crippen molar-refractivity contribution in [2.24, 2.45) is 0 Å². The lowest BCUT2D eigenvalue weighted by Crippen LogP contribution is -2.03. The standard InChI is InChI=1S/C12H13FN4O2/c1-7-6-8(13)4-5-9(7)19-12-16-10(14-2)15-11(17-12)18-3/h4-6H,1-3H3,(H,14,15,16,17). The monoisotopic (exact) mass is 264 g/mol. The van der Waals surface area contributed by atoms with Crippen molar-refractivity contribution in [3.63, 3.8) is 0 Å². The van der Waals surface area contributed by atoms with Crippen LogP contribution in [0.15, 0.2) is 18.2 Å². The second-order valence-electron chi connectivity index (χ2n) is 3.69. The lowest BCUT2D eigenvalue weighted by Gasteiger charge is -2.08. The van der Waals surface area contributed by atoms with Crippen molar-refractivity contribution >= 4 is 5.95 Å². The first kappa shape index (κ1) is 13.0. The normalized spacial score (nSPS) is 10.1. The molecule has 0 bridgehead atoms. The summed E-state index contributed by atoms with van der Waals surface area (Å²) in [5, 5.41) is 2.77. The first-order valence-electron chi connectivity index (χ1n) is 5.54. The number of hydrogen-bond acceptors (Lipinski definition) is 6. The summed E-state index contributed by atoms with van der Waals surface area (Å²) in [6.07, 6.45) is 0. The molecule has 100 valence electrons. The number of nitrogens with zero attached hydrogens (tertiary/aromatic N) is 3. The van der Waals surface area contributed by atoms with Gasteiger partial charge in [0.2, 0.25) is 5.95 Å². The van der Waals surface area contributed by atoms with Crippen molar-refractivity contribution in [2.75, 3.05) is 19.5 Å². The van der Waals surface area contributed by atoms with E-state index in [0.29, 0.717) is 17.3 Å². The van der Waals surface area contributed by atoms with E-state index >= 15 is 0 Å². The quantitative estimate of drug-likeness (QED) is 0.912. The van der Waals surface area contributed by atoms with Gasteiger partial charge in [0.15, 0.2) is 0 Å². The summed E-state index contributed by atoms with van der Waals surface area (Å²) in [4.78, 5) is 11.9. The van der Waals surface area contributed by atoms with Gasteiger partial charge in [-0.1, -0.05) is 0 Å². The maximum absolute atomic E-state index is 13.0. The third-order valence-electron chi connectivity index (χ3n) is 2.34. The van der Waals surface area contributed by atoms with Crippen LogP contribution in [0.3, 0.4) is 0 Å². The van der Waals surface area contributed by atoms with E-state index < -0.39 is 0 Å². The molecule has 0 spiro atoms. The maximum atomic E-state index is 13.0. The number of ether oxygens (including phenoxy) is 2. The minimum atomic E-state index is -0.325. The van der Waals surface area contributed by atoms with Crippen molar-refractivity contribution < 1.29 is 13.9 Å². The van der Waals surface area contributed by atoms with Gasteiger partial charge < -0.3 is 14.8 Å². The molecule has 19 heavy (non-hydrogen) atoms. The number of aryl methyl sites for hydroxylation is 1. The molecule has 1 heterocycles. The fraction of sp³-hybridized carbons (Fsp3) is 0.250. The van der Waals surface area contributed by atoms with Gasteiger partial charge in [-0.15, -0.1) is 4.98 Å². The highest BCUT2D eigenvalue weighted by Gasteiger charge is 2.09. The highest BCUT2D eigenvalue weighted by Crippen LogP contribution is 2.24. The summed E-state index contributed by atoms with van der Waals surface area (Å²) in [5.74, 6) is 0.465. The molecule has 1 aromatic heterocycles.